The number of nitrogens with one attached hydrogen (secondary N) is 2. The van der Waals surface area contributed by atoms with Gasteiger partial charge in [0.05, 0.1) is 0 Å². The summed E-state index contributed by atoms with van der Waals surface area (Å²) >= 11 is 0. The van der Waals surface area contributed by atoms with Crippen LogP contribution in [0.5, 0.6) is 0 Å². The van der Waals surface area contributed by atoms with Crippen LogP contribution in [0.15, 0.2) is 0 Å². The van der Waals surface area contributed by atoms with Gasteiger partial charge in [0.15, 0.2) is 0 Å². The summed E-state index contributed by atoms with van der Waals surface area (Å²) in [5, 5.41) is 14.2. The minimum Gasteiger partial charge on any atom is -0.480 e. The van der Waals surface area contributed by atoms with Gasteiger partial charge in [-0.25, -0.2) is 9.59 Å². The Labute approximate surface area is 95.6 Å². The largest absolute Gasteiger partial charge is 0.480 e. The zero-order valence-electron chi connectivity index (χ0n) is 9.88. The summed E-state index contributed by atoms with van der Waals surface area (Å²) in [5.41, 5.74) is -0.140. The van der Waals surface area contributed by atoms with E-state index in [9.17, 15) is 9.59 Å². The summed E-state index contributed by atoms with van der Waals surface area (Å²) in [6, 6.07) is -1.16. The molecule has 0 aromatic rings. The van der Waals surface area contributed by atoms with Crippen molar-refractivity contribution < 1.29 is 14.7 Å². The fraction of sp³-hybridized carbons (Fsp3) is 0.818. The van der Waals surface area contributed by atoms with Gasteiger partial charge in [-0.15, -0.1) is 0 Å². The summed E-state index contributed by atoms with van der Waals surface area (Å²) < 4.78 is 0. The van der Waals surface area contributed by atoms with Crippen molar-refractivity contribution in [2.75, 3.05) is 0 Å². The molecular formula is C11H20N2O3. The lowest BCUT2D eigenvalue weighted by Gasteiger charge is -2.39. The van der Waals surface area contributed by atoms with Gasteiger partial charge >= 0.3 is 12.0 Å². The Hall–Kier alpha value is -1.26. The maximum Gasteiger partial charge on any atom is 0.326 e. The van der Waals surface area contributed by atoms with Crippen molar-refractivity contribution in [3.63, 3.8) is 0 Å². The minimum atomic E-state index is -0.976. The quantitative estimate of drug-likeness (QED) is 0.667. The highest BCUT2D eigenvalue weighted by Gasteiger charge is 2.33. The van der Waals surface area contributed by atoms with E-state index in [-0.39, 0.29) is 11.6 Å². The lowest BCUT2D eigenvalue weighted by Crippen LogP contribution is -2.56. The second kappa shape index (κ2) is 5.18. The number of rotatable bonds is 5. The van der Waals surface area contributed by atoms with Crippen LogP contribution in [0.25, 0.3) is 0 Å². The number of urea groups is 1. The molecule has 3 N–H and O–H groups in total. The number of hydrogen-bond donors (Lipinski definition) is 3. The van der Waals surface area contributed by atoms with Crippen LogP contribution in [0, 0.1) is 0 Å². The van der Waals surface area contributed by atoms with Gasteiger partial charge in [-0.05, 0) is 32.6 Å². The van der Waals surface area contributed by atoms with Crippen LogP contribution in [0.3, 0.4) is 0 Å². The molecule has 1 rings (SSSR count). The minimum absolute atomic E-state index is 0.140. The van der Waals surface area contributed by atoms with Gasteiger partial charge in [-0.3, -0.25) is 0 Å². The molecular weight excluding hydrogens is 208 g/mol. The van der Waals surface area contributed by atoms with E-state index in [0.717, 1.165) is 25.7 Å². The molecule has 2 amide bonds. The molecule has 92 valence electrons. The fourth-order valence-corrected chi connectivity index (χ4v) is 1.85. The second-order valence-electron chi connectivity index (χ2n) is 4.69. The van der Waals surface area contributed by atoms with Crippen LogP contribution in [-0.2, 0) is 4.79 Å². The van der Waals surface area contributed by atoms with Gasteiger partial charge in [-0.2, -0.15) is 0 Å². The number of carbonyl (C=O) groups is 2. The van der Waals surface area contributed by atoms with Gasteiger partial charge in [0.1, 0.15) is 6.04 Å². The molecule has 1 aliphatic rings. The zero-order chi connectivity index (χ0) is 12.2. The first-order valence-electron chi connectivity index (χ1n) is 5.78. The normalized spacial score (nSPS) is 19.4. The van der Waals surface area contributed by atoms with E-state index in [1.54, 1.807) is 0 Å². The van der Waals surface area contributed by atoms with Crippen LogP contribution in [0.2, 0.25) is 0 Å². The molecule has 5 nitrogen and oxygen atoms in total. The van der Waals surface area contributed by atoms with Gasteiger partial charge in [0.2, 0.25) is 0 Å². The lowest BCUT2D eigenvalue weighted by atomic mass is 9.79. The first-order valence-corrected chi connectivity index (χ1v) is 5.78. The topological polar surface area (TPSA) is 78.4 Å². The van der Waals surface area contributed by atoms with Crippen molar-refractivity contribution in [1.82, 2.24) is 10.6 Å². The van der Waals surface area contributed by atoms with Crippen molar-refractivity contribution in [2.24, 2.45) is 0 Å². The molecule has 0 bridgehead atoms. The molecule has 0 unspecified atom stereocenters. The molecule has 1 atom stereocenters. The van der Waals surface area contributed by atoms with E-state index >= 15 is 0 Å². The number of carbonyl (C=O) groups excluding carboxylic acids is 1. The van der Waals surface area contributed by atoms with E-state index in [4.69, 9.17) is 5.11 Å². The maximum absolute atomic E-state index is 11.6. The predicted octanol–water partition coefficient (Wildman–Crippen LogP) is 1.48. The summed E-state index contributed by atoms with van der Waals surface area (Å²) in [5.74, 6) is -0.976. The molecule has 5 heteroatoms. The molecule has 0 aromatic heterocycles. The first-order chi connectivity index (χ1) is 7.47. The van der Waals surface area contributed by atoms with Crippen LogP contribution < -0.4 is 10.6 Å². The van der Waals surface area contributed by atoms with Crippen molar-refractivity contribution >= 4 is 12.0 Å². The van der Waals surface area contributed by atoms with Gasteiger partial charge in [0.25, 0.3) is 0 Å². The van der Waals surface area contributed by atoms with E-state index in [1.807, 2.05) is 13.8 Å². The Morgan fingerprint density at radius 2 is 2.06 bits per heavy atom. The summed E-state index contributed by atoms with van der Waals surface area (Å²) in [6.45, 7) is 3.87. The SMILES string of the molecule is CCC[C@@H](NC(=O)NC1(C)CCC1)C(=O)O. The summed E-state index contributed by atoms with van der Waals surface area (Å²) in [4.78, 5) is 22.4. The van der Waals surface area contributed by atoms with Crippen LogP contribution in [0.1, 0.15) is 46.0 Å². The Morgan fingerprint density at radius 1 is 1.44 bits per heavy atom. The number of hydrogen-bond acceptors (Lipinski definition) is 2. The highest BCUT2D eigenvalue weighted by molar-refractivity contribution is 5.82. The van der Waals surface area contributed by atoms with E-state index in [0.29, 0.717) is 6.42 Å². The summed E-state index contributed by atoms with van der Waals surface area (Å²) in [6.07, 6.45) is 4.24. The molecule has 0 aromatic carbocycles. The standard InChI is InChI=1S/C11H20N2O3/c1-3-5-8(9(14)15)12-10(16)13-11(2)6-4-7-11/h8H,3-7H2,1-2H3,(H,14,15)(H2,12,13,16)/t8-/m1/s1. The van der Waals surface area contributed by atoms with Crippen molar-refractivity contribution in [3.8, 4) is 0 Å². The fourth-order valence-electron chi connectivity index (χ4n) is 1.85. The average molecular weight is 228 g/mol. The first kappa shape index (κ1) is 12.8. The molecule has 1 fully saturated rings. The lowest BCUT2D eigenvalue weighted by molar-refractivity contribution is -0.139. The molecule has 0 radical (unpaired) electrons. The average Bonchev–Trinajstić information content (AvgIpc) is 2.14. The van der Waals surface area contributed by atoms with Gasteiger partial charge in [-0.1, -0.05) is 13.3 Å². The van der Waals surface area contributed by atoms with Crippen molar-refractivity contribution in [3.05, 3.63) is 0 Å². The van der Waals surface area contributed by atoms with E-state index in [1.165, 1.54) is 0 Å². The predicted molar refractivity (Wildman–Crippen MR) is 60.3 cm³/mol. The molecule has 0 spiro atoms. The highest BCUT2D eigenvalue weighted by atomic mass is 16.4. The molecule has 1 aliphatic carbocycles. The Kier molecular flexibility index (Phi) is 4.15. The Bertz CT molecular complexity index is 274. The number of amides is 2. The molecule has 0 aliphatic heterocycles. The van der Waals surface area contributed by atoms with Gasteiger partial charge in [0, 0.05) is 5.54 Å². The molecule has 16 heavy (non-hydrogen) atoms. The van der Waals surface area contributed by atoms with Crippen LogP contribution in [-0.4, -0.2) is 28.7 Å². The zero-order valence-corrected chi connectivity index (χ0v) is 9.88. The van der Waals surface area contributed by atoms with Crippen molar-refractivity contribution in [2.45, 2.75) is 57.5 Å². The summed E-state index contributed by atoms with van der Waals surface area (Å²) in [7, 11) is 0. The van der Waals surface area contributed by atoms with Crippen LogP contribution >= 0.6 is 0 Å². The Morgan fingerprint density at radius 3 is 2.44 bits per heavy atom. The van der Waals surface area contributed by atoms with Crippen LogP contribution in [0.4, 0.5) is 4.79 Å². The highest BCUT2D eigenvalue weighted by Crippen LogP contribution is 2.30. The number of carboxylic acid groups (broad SMARTS) is 1. The smallest absolute Gasteiger partial charge is 0.326 e. The molecule has 0 heterocycles. The third kappa shape index (κ3) is 3.40. The monoisotopic (exact) mass is 228 g/mol. The molecule has 0 saturated heterocycles. The van der Waals surface area contributed by atoms with E-state index in [2.05, 4.69) is 10.6 Å². The number of carboxylic acids is 1. The van der Waals surface area contributed by atoms with Gasteiger partial charge < -0.3 is 15.7 Å². The third-order valence-corrected chi connectivity index (χ3v) is 3.05. The third-order valence-electron chi connectivity index (χ3n) is 3.05. The van der Waals surface area contributed by atoms with Crippen molar-refractivity contribution in [1.29, 1.82) is 0 Å². The molecule has 1 saturated carbocycles. The number of aliphatic carboxylic acids is 1. The second-order valence-corrected chi connectivity index (χ2v) is 4.69. The Balaban J connectivity index is 2.39. The van der Waals surface area contributed by atoms with E-state index < -0.39 is 12.0 Å². The maximum atomic E-state index is 11.6.